The topological polar surface area (TPSA) is 54.1 Å². The fourth-order valence-corrected chi connectivity index (χ4v) is 3.27. The molecule has 0 atom stereocenters. The molecule has 122 valence electrons. The van der Waals surface area contributed by atoms with Gasteiger partial charge in [0, 0.05) is 48.4 Å². The van der Waals surface area contributed by atoms with Crippen LogP contribution in [0.25, 0.3) is 10.9 Å². The van der Waals surface area contributed by atoms with Gasteiger partial charge in [0.1, 0.15) is 0 Å². The van der Waals surface area contributed by atoms with Gasteiger partial charge in [-0.25, -0.2) is 0 Å². The number of nitrogens with one attached hydrogen (secondary N) is 2. The van der Waals surface area contributed by atoms with Crippen molar-refractivity contribution < 1.29 is 9.53 Å². The van der Waals surface area contributed by atoms with Crippen molar-refractivity contribution in [2.45, 2.75) is 32.1 Å². The second-order valence-electron chi connectivity index (χ2n) is 6.06. The second kappa shape index (κ2) is 7.47. The Morgan fingerprint density at radius 1 is 1.26 bits per heavy atom. The minimum Gasteiger partial charge on any atom is -0.386 e. The van der Waals surface area contributed by atoms with Gasteiger partial charge < -0.3 is 15.0 Å². The molecule has 1 aromatic carbocycles. The Morgan fingerprint density at radius 2 is 2.09 bits per heavy atom. The molecule has 1 saturated carbocycles. The summed E-state index contributed by atoms with van der Waals surface area (Å²) in [6.45, 7) is 1.28. The van der Waals surface area contributed by atoms with Gasteiger partial charge in [-0.2, -0.15) is 0 Å². The zero-order valence-electron chi connectivity index (χ0n) is 13.7. The number of carbonyl (C=O) groups is 1. The third-order valence-corrected chi connectivity index (χ3v) is 4.48. The van der Waals surface area contributed by atoms with Crippen molar-refractivity contribution >= 4 is 16.7 Å². The van der Waals surface area contributed by atoms with Crippen LogP contribution in [-0.2, 0) is 16.0 Å². The number of ketones is 1. The molecule has 1 aliphatic carbocycles. The number of methoxy groups -OCH3 is 1. The molecule has 0 radical (unpaired) electrons. The standard InChI is InChI=1S/C19H24N2O2/c1-23-13-18(16-7-3-5-9-19(16)22)20-11-10-14-12-21-17-8-4-2-6-15(14)17/h2,4,6,8,12,20-21H,3,5,7,9-11,13H2,1H3/b18-16-. The van der Waals surface area contributed by atoms with Gasteiger partial charge in [0.25, 0.3) is 0 Å². The molecule has 0 unspecified atom stereocenters. The Labute approximate surface area is 136 Å². The molecule has 2 aromatic rings. The number of aromatic nitrogens is 1. The number of Topliss-reactive ketones (excluding diaryl/α,β-unsaturated/α-hetero) is 1. The zero-order chi connectivity index (χ0) is 16.1. The van der Waals surface area contributed by atoms with Crippen molar-refractivity contribution in [1.29, 1.82) is 0 Å². The molecule has 0 bridgehead atoms. The van der Waals surface area contributed by atoms with Crippen LogP contribution in [0, 0.1) is 0 Å². The highest BCUT2D eigenvalue weighted by atomic mass is 16.5. The Balaban J connectivity index is 1.67. The van der Waals surface area contributed by atoms with E-state index in [0.717, 1.165) is 43.5 Å². The molecule has 1 aliphatic rings. The van der Waals surface area contributed by atoms with Gasteiger partial charge in [-0.15, -0.1) is 0 Å². The molecule has 4 heteroatoms. The Morgan fingerprint density at radius 3 is 2.91 bits per heavy atom. The quantitative estimate of drug-likeness (QED) is 0.804. The van der Waals surface area contributed by atoms with E-state index in [1.54, 1.807) is 7.11 Å². The van der Waals surface area contributed by atoms with Crippen molar-refractivity contribution in [1.82, 2.24) is 10.3 Å². The summed E-state index contributed by atoms with van der Waals surface area (Å²) in [4.78, 5) is 15.4. The SMILES string of the molecule is COC/C(NCCc1c[nH]c2ccccc12)=C1\CCCCC1=O. The molecule has 3 rings (SSSR count). The third kappa shape index (κ3) is 3.64. The first-order valence-corrected chi connectivity index (χ1v) is 8.32. The van der Waals surface area contributed by atoms with Gasteiger partial charge in [0.05, 0.1) is 6.61 Å². The lowest BCUT2D eigenvalue weighted by Gasteiger charge is -2.19. The molecular weight excluding hydrogens is 288 g/mol. The van der Waals surface area contributed by atoms with Gasteiger partial charge in [0.2, 0.25) is 0 Å². The van der Waals surface area contributed by atoms with Crippen LogP contribution in [-0.4, -0.2) is 31.0 Å². The van der Waals surface area contributed by atoms with Crippen LogP contribution < -0.4 is 5.32 Å². The number of ether oxygens (including phenoxy) is 1. The molecule has 1 aromatic heterocycles. The van der Waals surface area contributed by atoms with E-state index >= 15 is 0 Å². The number of carbonyl (C=O) groups excluding carboxylic acids is 1. The summed E-state index contributed by atoms with van der Waals surface area (Å²) in [6, 6.07) is 8.33. The molecule has 2 N–H and O–H groups in total. The molecule has 0 saturated heterocycles. The number of fused-ring (bicyclic) bond motifs is 1. The van der Waals surface area contributed by atoms with E-state index in [4.69, 9.17) is 4.74 Å². The van der Waals surface area contributed by atoms with E-state index in [-0.39, 0.29) is 5.78 Å². The third-order valence-electron chi connectivity index (χ3n) is 4.48. The second-order valence-corrected chi connectivity index (χ2v) is 6.06. The maximum absolute atomic E-state index is 12.1. The van der Waals surface area contributed by atoms with Crippen LogP contribution in [0.1, 0.15) is 31.2 Å². The fraction of sp³-hybridized carbons (Fsp3) is 0.421. The predicted molar refractivity (Wildman–Crippen MR) is 92.4 cm³/mol. The maximum Gasteiger partial charge on any atom is 0.160 e. The highest BCUT2D eigenvalue weighted by Crippen LogP contribution is 2.22. The summed E-state index contributed by atoms with van der Waals surface area (Å²) in [5.74, 6) is 0.280. The minimum atomic E-state index is 0.280. The van der Waals surface area contributed by atoms with Crippen LogP contribution >= 0.6 is 0 Å². The lowest BCUT2D eigenvalue weighted by Crippen LogP contribution is -2.25. The van der Waals surface area contributed by atoms with Gasteiger partial charge in [-0.3, -0.25) is 4.79 Å². The van der Waals surface area contributed by atoms with E-state index < -0.39 is 0 Å². The molecule has 0 spiro atoms. The van der Waals surface area contributed by atoms with E-state index in [1.807, 2.05) is 6.07 Å². The fourth-order valence-electron chi connectivity index (χ4n) is 3.27. The summed E-state index contributed by atoms with van der Waals surface area (Å²) in [5, 5.41) is 4.71. The van der Waals surface area contributed by atoms with Crippen molar-refractivity contribution in [3.05, 3.63) is 47.3 Å². The smallest absolute Gasteiger partial charge is 0.160 e. The first-order chi connectivity index (χ1) is 11.3. The summed E-state index contributed by atoms with van der Waals surface area (Å²) >= 11 is 0. The Hall–Kier alpha value is -2.07. The number of hydrogen-bond acceptors (Lipinski definition) is 3. The lowest BCUT2D eigenvalue weighted by molar-refractivity contribution is -0.116. The van der Waals surface area contributed by atoms with Crippen molar-refractivity contribution in [3.8, 4) is 0 Å². The van der Waals surface area contributed by atoms with E-state index in [2.05, 4.69) is 34.7 Å². The number of benzene rings is 1. The average molecular weight is 312 g/mol. The van der Waals surface area contributed by atoms with Crippen molar-refractivity contribution in [2.75, 3.05) is 20.3 Å². The van der Waals surface area contributed by atoms with Crippen LogP contribution in [0.2, 0.25) is 0 Å². The summed E-state index contributed by atoms with van der Waals surface area (Å²) in [6.07, 6.45) is 6.64. The van der Waals surface area contributed by atoms with Gasteiger partial charge >= 0.3 is 0 Å². The van der Waals surface area contributed by atoms with Crippen molar-refractivity contribution in [3.63, 3.8) is 0 Å². The van der Waals surface area contributed by atoms with E-state index in [1.165, 1.54) is 16.5 Å². The van der Waals surface area contributed by atoms with Crippen LogP contribution in [0.3, 0.4) is 0 Å². The van der Waals surface area contributed by atoms with E-state index in [0.29, 0.717) is 13.0 Å². The van der Waals surface area contributed by atoms with Crippen LogP contribution in [0.15, 0.2) is 41.7 Å². The number of H-pyrrole nitrogens is 1. The summed E-state index contributed by atoms with van der Waals surface area (Å²) in [7, 11) is 1.68. The van der Waals surface area contributed by atoms with E-state index in [9.17, 15) is 4.79 Å². The highest BCUT2D eigenvalue weighted by molar-refractivity contribution is 5.96. The number of hydrogen-bond donors (Lipinski definition) is 2. The molecule has 23 heavy (non-hydrogen) atoms. The van der Waals surface area contributed by atoms with Gasteiger partial charge in [0.15, 0.2) is 5.78 Å². The average Bonchev–Trinajstić information content (AvgIpc) is 2.98. The minimum absolute atomic E-state index is 0.280. The van der Waals surface area contributed by atoms with Crippen LogP contribution in [0.4, 0.5) is 0 Å². The monoisotopic (exact) mass is 312 g/mol. The lowest BCUT2D eigenvalue weighted by atomic mass is 9.92. The summed E-state index contributed by atoms with van der Waals surface area (Å²) in [5.41, 5.74) is 4.37. The first-order valence-electron chi connectivity index (χ1n) is 8.32. The van der Waals surface area contributed by atoms with Crippen LogP contribution in [0.5, 0.6) is 0 Å². The molecule has 4 nitrogen and oxygen atoms in total. The number of rotatable bonds is 6. The predicted octanol–water partition coefficient (Wildman–Crippen LogP) is 3.34. The Bertz CT molecular complexity index is 715. The molecule has 0 aliphatic heterocycles. The largest absolute Gasteiger partial charge is 0.386 e. The van der Waals surface area contributed by atoms with Gasteiger partial charge in [-0.1, -0.05) is 18.2 Å². The highest BCUT2D eigenvalue weighted by Gasteiger charge is 2.19. The summed E-state index contributed by atoms with van der Waals surface area (Å²) < 4.78 is 5.28. The first kappa shape index (κ1) is 15.8. The molecule has 0 amide bonds. The number of allylic oxidation sites excluding steroid dienone is 1. The number of aromatic amines is 1. The number of para-hydroxylation sites is 1. The molecular formula is C19H24N2O2. The Kier molecular flexibility index (Phi) is 5.13. The zero-order valence-corrected chi connectivity index (χ0v) is 13.7. The normalized spacial score (nSPS) is 17.5. The maximum atomic E-state index is 12.1. The van der Waals surface area contributed by atoms with Crippen molar-refractivity contribution in [2.24, 2.45) is 0 Å². The van der Waals surface area contributed by atoms with Gasteiger partial charge in [-0.05, 0) is 37.3 Å². The molecule has 1 heterocycles. The molecule has 1 fully saturated rings.